The molecule has 1 aromatic carbocycles. The second-order valence-corrected chi connectivity index (χ2v) is 5.27. The molecular weight excluding hydrogens is 308 g/mol. The standard InChI is InChI=1S/C18H22N2O4/c1-7-8-14-11(2)19-20(12(14)3)18(21)13-9-15(22-4)17(24-6)16(10-13)23-5/h7,9-10H,1,8H2,2-6H3. The van der Waals surface area contributed by atoms with Crippen molar-refractivity contribution in [1.82, 2.24) is 9.78 Å². The molecule has 0 radical (unpaired) electrons. The number of carbonyl (C=O) groups excluding carboxylic acids is 1. The van der Waals surface area contributed by atoms with E-state index in [1.165, 1.54) is 26.0 Å². The number of ether oxygens (including phenoxy) is 3. The third kappa shape index (κ3) is 2.99. The van der Waals surface area contributed by atoms with Crippen molar-refractivity contribution >= 4 is 5.91 Å². The third-order valence-corrected chi connectivity index (χ3v) is 3.89. The Kier molecular flexibility index (Phi) is 5.28. The second-order valence-electron chi connectivity index (χ2n) is 5.27. The van der Waals surface area contributed by atoms with Gasteiger partial charge in [0.15, 0.2) is 11.5 Å². The van der Waals surface area contributed by atoms with Crippen LogP contribution >= 0.6 is 0 Å². The summed E-state index contributed by atoms with van der Waals surface area (Å²) in [5, 5.41) is 4.37. The maximum absolute atomic E-state index is 12.9. The summed E-state index contributed by atoms with van der Waals surface area (Å²) in [5.74, 6) is 1.03. The lowest BCUT2D eigenvalue weighted by Gasteiger charge is -2.14. The molecule has 0 aliphatic carbocycles. The molecule has 1 heterocycles. The zero-order valence-electron chi connectivity index (χ0n) is 14.7. The lowest BCUT2D eigenvalue weighted by atomic mass is 10.1. The topological polar surface area (TPSA) is 62.6 Å². The monoisotopic (exact) mass is 330 g/mol. The van der Waals surface area contributed by atoms with Crippen LogP contribution in [0, 0.1) is 13.8 Å². The van der Waals surface area contributed by atoms with Gasteiger partial charge in [0.1, 0.15) is 0 Å². The molecule has 0 aliphatic heterocycles. The van der Waals surface area contributed by atoms with Gasteiger partial charge < -0.3 is 14.2 Å². The first-order valence-corrected chi connectivity index (χ1v) is 7.49. The Morgan fingerprint density at radius 2 is 1.75 bits per heavy atom. The molecule has 6 nitrogen and oxygen atoms in total. The molecule has 0 spiro atoms. The first-order valence-electron chi connectivity index (χ1n) is 7.49. The predicted octanol–water partition coefficient (Wildman–Crippen LogP) is 2.94. The first-order chi connectivity index (χ1) is 11.5. The Balaban J connectivity index is 2.54. The van der Waals surface area contributed by atoms with E-state index in [2.05, 4.69) is 11.7 Å². The van der Waals surface area contributed by atoms with Crippen LogP contribution in [0.1, 0.15) is 27.3 Å². The molecule has 0 saturated heterocycles. The van der Waals surface area contributed by atoms with Crippen molar-refractivity contribution in [3.63, 3.8) is 0 Å². The highest BCUT2D eigenvalue weighted by Crippen LogP contribution is 2.38. The van der Waals surface area contributed by atoms with Crippen LogP contribution in [0.3, 0.4) is 0 Å². The van der Waals surface area contributed by atoms with Crippen LogP contribution in [-0.2, 0) is 6.42 Å². The normalized spacial score (nSPS) is 10.4. The number of rotatable bonds is 6. The molecule has 0 fully saturated rings. The molecule has 0 unspecified atom stereocenters. The van der Waals surface area contributed by atoms with E-state index in [0.29, 0.717) is 29.2 Å². The highest BCUT2D eigenvalue weighted by atomic mass is 16.5. The zero-order chi connectivity index (χ0) is 17.9. The Labute approximate surface area is 141 Å². The van der Waals surface area contributed by atoms with Gasteiger partial charge in [0.05, 0.1) is 27.0 Å². The van der Waals surface area contributed by atoms with Gasteiger partial charge in [-0.15, -0.1) is 6.58 Å². The highest BCUT2D eigenvalue weighted by Gasteiger charge is 2.21. The molecule has 0 atom stereocenters. The van der Waals surface area contributed by atoms with E-state index < -0.39 is 0 Å². The van der Waals surface area contributed by atoms with E-state index in [-0.39, 0.29) is 5.91 Å². The van der Waals surface area contributed by atoms with Gasteiger partial charge in [-0.2, -0.15) is 5.10 Å². The predicted molar refractivity (Wildman–Crippen MR) is 91.4 cm³/mol. The number of methoxy groups -OCH3 is 3. The molecule has 1 aromatic heterocycles. The summed E-state index contributed by atoms with van der Waals surface area (Å²) in [5.41, 5.74) is 3.02. The minimum absolute atomic E-state index is 0.259. The number of benzene rings is 1. The molecular formula is C18H22N2O4. The molecule has 2 aromatic rings. The van der Waals surface area contributed by atoms with Crippen LogP contribution in [0.2, 0.25) is 0 Å². The van der Waals surface area contributed by atoms with Gasteiger partial charge in [0.2, 0.25) is 5.75 Å². The van der Waals surface area contributed by atoms with Crippen molar-refractivity contribution in [2.45, 2.75) is 20.3 Å². The average Bonchev–Trinajstić information content (AvgIpc) is 2.88. The Morgan fingerprint density at radius 3 is 2.21 bits per heavy atom. The van der Waals surface area contributed by atoms with Gasteiger partial charge in [0, 0.05) is 16.8 Å². The van der Waals surface area contributed by atoms with Crippen molar-refractivity contribution in [2.24, 2.45) is 0 Å². The van der Waals surface area contributed by atoms with Crippen molar-refractivity contribution in [3.05, 3.63) is 47.3 Å². The van der Waals surface area contributed by atoms with Gasteiger partial charge in [0.25, 0.3) is 5.91 Å². The Bertz CT molecular complexity index is 753. The molecule has 2 rings (SSSR count). The largest absolute Gasteiger partial charge is 0.493 e. The van der Waals surface area contributed by atoms with Gasteiger partial charge in [-0.25, -0.2) is 4.68 Å². The van der Waals surface area contributed by atoms with Gasteiger partial charge in [-0.3, -0.25) is 4.79 Å². The maximum Gasteiger partial charge on any atom is 0.278 e. The van der Waals surface area contributed by atoms with Crippen LogP contribution in [0.25, 0.3) is 0 Å². The van der Waals surface area contributed by atoms with Crippen LogP contribution < -0.4 is 14.2 Å². The van der Waals surface area contributed by atoms with Crippen LogP contribution in [0.15, 0.2) is 24.8 Å². The van der Waals surface area contributed by atoms with Crippen LogP contribution in [-0.4, -0.2) is 37.0 Å². The van der Waals surface area contributed by atoms with E-state index in [0.717, 1.165) is 17.0 Å². The Morgan fingerprint density at radius 1 is 1.17 bits per heavy atom. The fourth-order valence-electron chi connectivity index (χ4n) is 2.64. The van der Waals surface area contributed by atoms with E-state index in [1.54, 1.807) is 18.2 Å². The number of aromatic nitrogens is 2. The molecule has 24 heavy (non-hydrogen) atoms. The summed E-state index contributed by atoms with van der Waals surface area (Å²) in [4.78, 5) is 12.9. The minimum atomic E-state index is -0.259. The lowest BCUT2D eigenvalue weighted by Crippen LogP contribution is -2.16. The van der Waals surface area contributed by atoms with Gasteiger partial charge >= 0.3 is 0 Å². The number of allylic oxidation sites excluding steroid dienone is 1. The molecule has 0 aliphatic rings. The van der Waals surface area contributed by atoms with Crippen molar-refractivity contribution in [1.29, 1.82) is 0 Å². The number of nitrogens with zero attached hydrogens (tertiary/aromatic N) is 2. The fourth-order valence-corrected chi connectivity index (χ4v) is 2.64. The quantitative estimate of drug-likeness (QED) is 0.762. The van der Waals surface area contributed by atoms with Crippen LogP contribution in [0.5, 0.6) is 17.2 Å². The number of carbonyl (C=O) groups is 1. The number of hydrogen-bond donors (Lipinski definition) is 0. The average molecular weight is 330 g/mol. The Hall–Kier alpha value is -2.76. The van der Waals surface area contributed by atoms with E-state index in [9.17, 15) is 4.79 Å². The molecule has 0 saturated carbocycles. The van der Waals surface area contributed by atoms with Gasteiger partial charge in [-0.1, -0.05) is 6.08 Å². The lowest BCUT2D eigenvalue weighted by molar-refractivity contribution is 0.0941. The fraction of sp³-hybridized carbons (Fsp3) is 0.333. The molecule has 0 N–H and O–H groups in total. The van der Waals surface area contributed by atoms with Crippen molar-refractivity contribution < 1.29 is 19.0 Å². The summed E-state index contributed by atoms with van der Waals surface area (Å²) >= 11 is 0. The summed E-state index contributed by atoms with van der Waals surface area (Å²) in [7, 11) is 4.54. The zero-order valence-corrected chi connectivity index (χ0v) is 14.7. The summed E-state index contributed by atoms with van der Waals surface area (Å²) < 4.78 is 17.3. The summed E-state index contributed by atoms with van der Waals surface area (Å²) in [6, 6.07) is 3.24. The maximum atomic E-state index is 12.9. The second kappa shape index (κ2) is 7.21. The third-order valence-electron chi connectivity index (χ3n) is 3.89. The number of hydrogen-bond acceptors (Lipinski definition) is 5. The van der Waals surface area contributed by atoms with E-state index in [4.69, 9.17) is 14.2 Å². The molecule has 0 amide bonds. The minimum Gasteiger partial charge on any atom is -0.493 e. The molecule has 6 heteroatoms. The van der Waals surface area contributed by atoms with Gasteiger partial charge in [-0.05, 0) is 32.4 Å². The summed E-state index contributed by atoms with van der Waals surface area (Å²) in [6.45, 7) is 7.50. The van der Waals surface area contributed by atoms with Crippen molar-refractivity contribution in [3.8, 4) is 17.2 Å². The van der Waals surface area contributed by atoms with E-state index in [1.807, 2.05) is 13.8 Å². The first kappa shape index (κ1) is 17.6. The molecule has 128 valence electrons. The van der Waals surface area contributed by atoms with E-state index >= 15 is 0 Å². The highest BCUT2D eigenvalue weighted by molar-refractivity contribution is 5.97. The number of aryl methyl sites for hydroxylation is 1. The molecule has 0 bridgehead atoms. The SMILES string of the molecule is C=CCc1c(C)nn(C(=O)c2cc(OC)c(OC)c(OC)c2)c1C. The van der Waals surface area contributed by atoms with Crippen molar-refractivity contribution in [2.75, 3.05) is 21.3 Å². The summed E-state index contributed by atoms with van der Waals surface area (Å²) in [6.07, 6.45) is 2.46. The smallest absolute Gasteiger partial charge is 0.278 e. The van der Waals surface area contributed by atoms with Crippen LogP contribution in [0.4, 0.5) is 0 Å².